The molecule has 0 saturated heterocycles. The van der Waals surface area contributed by atoms with E-state index in [1.807, 2.05) is 24.3 Å². The summed E-state index contributed by atoms with van der Waals surface area (Å²) < 4.78 is 5.39. The minimum Gasteiger partial charge on any atom is -0.452 e. The summed E-state index contributed by atoms with van der Waals surface area (Å²) >= 11 is 0. The van der Waals surface area contributed by atoms with Crippen molar-refractivity contribution in [3.63, 3.8) is 0 Å². The van der Waals surface area contributed by atoms with Crippen LogP contribution >= 0.6 is 0 Å². The predicted molar refractivity (Wildman–Crippen MR) is 56.9 cm³/mol. The van der Waals surface area contributed by atoms with Crippen LogP contribution in [0.2, 0.25) is 0 Å². The van der Waals surface area contributed by atoms with Crippen LogP contribution in [0, 0.1) is 11.3 Å². The van der Waals surface area contributed by atoms with Crippen LogP contribution < -0.4 is 15.9 Å². The van der Waals surface area contributed by atoms with Gasteiger partial charge in [-0.1, -0.05) is 18.2 Å². The SMILES string of the molecule is C=NNC(N)(CC#N)Oc1ccccc1. The van der Waals surface area contributed by atoms with E-state index in [1.54, 1.807) is 12.1 Å². The summed E-state index contributed by atoms with van der Waals surface area (Å²) in [6, 6.07) is 10.9. The van der Waals surface area contributed by atoms with Crippen molar-refractivity contribution in [3.8, 4) is 11.8 Å². The van der Waals surface area contributed by atoms with Crippen molar-refractivity contribution in [1.29, 1.82) is 5.26 Å². The summed E-state index contributed by atoms with van der Waals surface area (Å²) in [5.41, 5.74) is 8.22. The van der Waals surface area contributed by atoms with Crippen LogP contribution in [0.5, 0.6) is 5.75 Å². The first-order valence-electron chi connectivity index (χ1n) is 4.33. The van der Waals surface area contributed by atoms with Gasteiger partial charge in [-0.2, -0.15) is 10.4 Å². The number of hydrogen-bond acceptors (Lipinski definition) is 5. The summed E-state index contributed by atoms with van der Waals surface area (Å²) in [6.07, 6.45) is -0.0408. The maximum atomic E-state index is 8.59. The summed E-state index contributed by atoms with van der Waals surface area (Å²) in [6.45, 7) is 3.24. The highest BCUT2D eigenvalue weighted by atomic mass is 16.5. The lowest BCUT2D eigenvalue weighted by molar-refractivity contribution is 0.0451. The number of hydrazone groups is 1. The fraction of sp³-hybridized carbons (Fsp3) is 0.200. The molecule has 5 heteroatoms. The van der Waals surface area contributed by atoms with E-state index in [2.05, 4.69) is 17.2 Å². The van der Waals surface area contributed by atoms with Gasteiger partial charge in [0.05, 0.1) is 6.07 Å². The first-order valence-corrected chi connectivity index (χ1v) is 4.33. The molecule has 5 nitrogen and oxygen atoms in total. The molecular weight excluding hydrogens is 192 g/mol. The minimum absolute atomic E-state index is 0.0408. The second kappa shape index (κ2) is 4.98. The number of nitriles is 1. The molecule has 0 aliphatic rings. The van der Waals surface area contributed by atoms with Crippen LogP contribution in [0.25, 0.3) is 0 Å². The lowest BCUT2D eigenvalue weighted by atomic mass is 10.3. The molecule has 0 heterocycles. The molecule has 1 aromatic rings. The number of nitrogens with two attached hydrogens (primary N) is 1. The van der Waals surface area contributed by atoms with Crippen molar-refractivity contribution in [2.75, 3.05) is 0 Å². The van der Waals surface area contributed by atoms with E-state index >= 15 is 0 Å². The molecule has 15 heavy (non-hydrogen) atoms. The van der Waals surface area contributed by atoms with Crippen molar-refractivity contribution < 1.29 is 4.74 Å². The van der Waals surface area contributed by atoms with Crippen LogP contribution in [0.4, 0.5) is 0 Å². The molecule has 0 aromatic heterocycles. The molecule has 1 atom stereocenters. The first kappa shape index (κ1) is 11.0. The Morgan fingerprint density at radius 3 is 2.73 bits per heavy atom. The predicted octanol–water partition coefficient (Wildman–Crippen LogP) is 0.797. The number of benzene rings is 1. The lowest BCUT2D eigenvalue weighted by Gasteiger charge is -2.26. The highest BCUT2D eigenvalue weighted by Gasteiger charge is 2.26. The Bertz CT molecular complexity index is 359. The minimum atomic E-state index is -1.34. The fourth-order valence-corrected chi connectivity index (χ4v) is 1.05. The number of para-hydroxylation sites is 1. The fourth-order valence-electron chi connectivity index (χ4n) is 1.05. The van der Waals surface area contributed by atoms with Crippen LogP contribution in [-0.4, -0.2) is 12.6 Å². The van der Waals surface area contributed by atoms with Crippen LogP contribution in [0.3, 0.4) is 0 Å². The first-order chi connectivity index (χ1) is 7.20. The average molecular weight is 204 g/mol. The van der Waals surface area contributed by atoms with Gasteiger partial charge in [-0.15, -0.1) is 0 Å². The maximum absolute atomic E-state index is 8.59. The zero-order valence-electron chi connectivity index (χ0n) is 8.18. The molecule has 1 unspecified atom stereocenters. The number of nitrogens with one attached hydrogen (secondary N) is 1. The molecule has 0 bridgehead atoms. The molecule has 0 fully saturated rings. The Morgan fingerprint density at radius 2 is 2.20 bits per heavy atom. The van der Waals surface area contributed by atoms with Gasteiger partial charge in [0, 0.05) is 6.72 Å². The summed E-state index contributed by atoms with van der Waals surface area (Å²) in [7, 11) is 0. The zero-order chi connectivity index (χ0) is 11.1. The third-order valence-corrected chi connectivity index (χ3v) is 1.65. The van der Waals surface area contributed by atoms with Crippen molar-refractivity contribution in [3.05, 3.63) is 30.3 Å². The van der Waals surface area contributed by atoms with Gasteiger partial charge in [-0.05, 0) is 12.1 Å². The number of nitrogens with zero attached hydrogens (tertiary/aromatic N) is 2. The van der Waals surface area contributed by atoms with Crippen LogP contribution in [0.15, 0.2) is 35.4 Å². The monoisotopic (exact) mass is 204 g/mol. The molecule has 78 valence electrons. The van der Waals surface area contributed by atoms with E-state index in [0.29, 0.717) is 5.75 Å². The molecule has 0 aliphatic heterocycles. The normalized spacial score (nSPS) is 13.3. The van der Waals surface area contributed by atoms with E-state index in [9.17, 15) is 0 Å². The van der Waals surface area contributed by atoms with Crippen molar-refractivity contribution in [1.82, 2.24) is 5.43 Å². The second-order valence-corrected chi connectivity index (χ2v) is 2.91. The van der Waals surface area contributed by atoms with Gasteiger partial charge >= 0.3 is 0 Å². The Morgan fingerprint density at radius 1 is 1.53 bits per heavy atom. The topological polar surface area (TPSA) is 83.4 Å². The van der Waals surface area contributed by atoms with E-state index in [0.717, 1.165) is 0 Å². The smallest absolute Gasteiger partial charge is 0.263 e. The van der Waals surface area contributed by atoms with Crippen molar-refractivity contribution in [2.45, 2.75) is 12.3 Å². The van der Waals surface area contributed by atoms with Gasteiger partial charge in [0.15, 0.2) is 0 Å². The van der Waals surface area contributed by atoms with Gasteiger partial charge in [-0.3, -0.25) is 11.2 Å². The molecule has 0 radical (unpaired) electrons. The molecule has 1 aromatic carbocycles. The number of ether oxygens (including phenoxy) is 1. The van der Waals surface area contributed by atoms with Crippen LogP contribution in [0.1, 0.15) is 6.42 Å². The Labute approximate surface area is 88.2 Å². The molecule has 0 saturated carbocycles. The van der Waals surface area contributed by atoms with E-state index < -0.39 is 5.85 Å². The maximum Gasteiger partial charge on any atom is 0.263 e. The lowest BCUT2D eigenvalue weighted by Crippen LogP contribution is -2.55. The van der Waals surface area contributed by atoms with E-state index in [-0.39, 0.29) is 6.42 Å². The summed E-state index contributed by atoms with van der Waals surface area (Å²) in [5, 5.41) is 12.0. The van der Waals surface area contributed by atoms with Crippen LogP contribution in [-0.2, 0) is 0 Å². The van der Waals surface area contributed by atoms with Crippen molar-refractivity contribution >= 4 is 6.72 Å². The second-order valence-electron chi connectivity index (χ2n) is 2.91. The Hall–Kier alpha value is -2.06. The van der Waals surface area contributed by atoms with Gasteiger partial charge in [0.2, 0.25) is 0 Å². The third kappa shape index (κ3) is 3.29. The van der Waals surface area contributed by atoms with Gasteiger partial charge < -0.3 is 4.74 Å². The highest BCUT2D eigenvalue weighted by Crippen LogP contribution is 2.14. The Kier molecular flexibility index (Phi) is 3.66. The molecule has 0 aliphatic carbocycles. The molecule has 3 N–H and O–H groups in total. The Balaban J connectivity index is 2.75. The summed E-state index contributed by atoms with van der Waals surface area (Å²) in [4.78, 5) is 0. The third-order valence-electron chi connectivity index (χ3n) is 1.65. The molecule has 1 rings (SSSR count). The number of hydrogen-bond donors (Lipinski definition) is 2. The van der Waals surface area contributed by atoms with Gasteiger partial charge in [0.1, 0.15) is 12.2 Å². The molecule has 0 spiro atoms. The number of rotatable bonds is 5. The van der Waals surface area contributed by atoms with Crippen molar-refractivity contribution in [2.24, 2.45) is 10.8 Å². The molecular formula is C10H12N4O. The summed E-state index contributed by atoms with van der Waals surface area (Å²) in [5.74, 6) is -0.774. The standard InChI is InChI=1S/C10H12N4O/c1-13-14-10(12,7-8-11)15-9-5-3-2-4-6-9/h2-6,14H,1,7,12H2. The van der Waals surface area contributed by atoms with E-state index in [4.69, 9.17) is 15.7 Å². The van der Waals surface area contributed by atoms with Gasteiger partial charge in [-0.25, -0.2) is 0 Å². The quantitative estimate of drug-likeness (QED) is 0.422. The molecule has 0 amide bonds. The average Bonchev–Trinajstić information content (AvgIpc) is 2.19. The largest absolute Gasteiger partial charge is 0.452 e. The zero-order valence-corrected chi connectivity index (χ0v) is 8.18. The van der Waals surface area contributed by atoms with Gasteiger partial charge in [0.25, 0.3) is 5.85 Å². The van der Waals surface area contributed by atoms with E-state index in [1.165, 1.54) is 0 Å². The highest BCUT2D eigenvalue weighted by molar-refractivity contribution is 5.23.